The molecule has 4 nitrogen and oxygen atoms in total. The molecule has 0 bridgehead atoms. The summed E-state index contributed by atoms with van der Waals surface area (Å²) in [5, 5.41) is -0.757. The lowest BCUT2D eigenvalue weighted by molar-refractivity contribution is 0.0922. The van der Waals surface area contributed by atoms with Crippen LogP contribution in [0.1, 0.15) is 47.8 Å². The molecule has 126 valence electrons. The van der Waals surface area contributed by atoms with Crippen LogP contribution < -0.4 is 4.90 Å². The fourth-order valence-corrected chi connectivity index (χ4v) is 3.38. The third kappa shape index (κ3) is 2.59. The van der Waals surface area contributed by atoms with E-state index < -0.39 is 17.1 Å². The normalized spacial score (nSPS) is 13.2. The van der Waals surface area contributed by atoms with E-state index in [1.807, 2.05) is 26.0 Å². The van der Waals surface area contributed by atoms with Crippen molar-refractivity contribution in [3.63, 3.8) is 0 Å². The molecule has 25 heavy (non-hydrogen) atoms. The van der Waals surface area contributed by atoms with Crippen molar-refractivity contribution in [2.45, 2.75) is 20.3 Å². The Morgan fingerprint density at radius 1 is 1.12 bits per heavy atom. The van der Waals surface area contributed by atoms with Crippen molar-refractivity contribution in [3.8, 4) is 0 Å². The summed E-state index contributed by atoms with van der Waals surface area (Å²) in [4.78, 5) is 38.8. The Labute approximate surface area is 150 Å². The van der Waals surface area contributed by atoms with Crippen LogP contribution in [0.25, 0.3) is 0 Å². The lowest BCUT2D eigenvalue weighted by atomic mass is 9.98. The number of hydrogen-bond donors (Lipinski definition) is 0. The minimum absolute atomic E-state index is 0.0515. The number of imide groups is 1. The highest BCUT2D eigenvalue weighted by molar-refractivity contribution is 6.68. The molecule has 0 N–H and O–H groups in total. The maximum atomic E-state index is 13.0. The van der Waals surface area contributed by atoms with Gasteiger partial charge in [-0.3, -0.25) is 14.4 Å². The minimum atomic E-state index is -0.757. The maximum Gasteiger partial charge on any atom is 0.266 e. The molecule has 0 fully saturated rings. The number of anilines is 1. The minimum Gasteiger partial charge on any atom is -0.276 e. The van der Waals surface area contributed by atoms with Gasteiger partial charge in [-0.2, -0.15) is 0 Å². The number of halogens is 1. The Morgan fingerprint density at radius 2 is 1.80 bits per heavy atom. The van der Waals surface area contributed by atoms with Gasteiger partial charge in [0.15, 0.2) is 0 Å². The second-order valence-electron chi connectivity index (χ2n) is 5.97. The first kappa shape index (κ1) is 17.1. The number of allylic oxidation sites excluding steroid dienone is 1. The summed E-state index contributed by atoms with van der Waals surface area (Å²) < 4.78 is 0. The molecule has 1 aliphatic rings. The van der Waals surface area contributed by atoms with E-state index in [2.05, 4.69) is 6.58 Å². The van der Waals surface area contributed by atoms with Gasteiger partial charge in [-0.15, -0.1) is 6.58 Å². The SMILES string of the molecule is C=CCc1c(C)ccc(C)c1N1C(=O)c2cccc(C(=O)Cl)c2C1=O. The van der Waals surface area contributed by atoms with Gasteiger partial charge in [-0.25, -0.2) is 4.90 Å². The number of benzene rings is 2. The van der Waals surface area contributed by atoms with Crippen molar-refractivity contribution in [2.75, 3.05) is 4.90 Å². The molecule has 2 aromatic carbocycles. The van der Waals surface area contributed by atoms with E-state index in [9.17, 15) is 14.4 Å². The molecule has 0 aliphatic carbocycles. The van der Waals surface area contributed by atoms with E-state index in [0.717, 1.165) is 21.6 Å². The van der Waals surface area contributed by atoms with Gasteiger partial charge in [0.1, 0.15) is 0 Å². The molecule has 0 saturated heterocycles. The topological polar surface area (TPSA) is 54.5 Å². The molecule has 1 heterocycles. The van der Waals surface area contributed by atoms with Crippen LogP contribution in [-0.2, 0) is 6.42 Å². The lowest BCUT2D eigenvalue weighted by Gasteiger charge is -2.22. The second kappa shape index (κ2) is 6.30. The van der Waals surface area contributed by atoms with Crippen LogP contribution in [-0.4, -0.2) is 17.1 Å². The summed E-state index contributed by atoms with van der Waals surface area (Å²) in [6.07, 6.45) is 2.26. The standard InChI is InChI=1S/C20H16ClNO3/c1-4-6-13-11(2)9-10-12(3)17(13)22-19(24)15-8-5-7-14(18(21)23)16(15)20(22)25/h4-5,7-10H,1,6H2,2-3H3. The molecule has 3 rings (SSSR count). The number of carbonyl (C=O) groups is 3. The quantitative estimate of drug-likeness (QED) is 0.470. The van der Waals surface area contributed by atoms with Gasteiger partial charge in [0.05, 0.1) is 16.8 Å². The predicted octanol–water partition coefficient (Wildman–Crippen LogP) is 4.21. The molecule has 0 unspecified atom stereocenters. The highest BCUT2D eigenvalue weighted by Crippen LogP contribution is 2.36. The summed E-state index contributed by atoms with van der Waals surface area (Å²) in [5.41, 5.74) is 3.50. The maximum absolute atomic E-state index is 13.0. The van der Waals surface area contributed by atoms with Crippen molar-refractivity contribution in [1.82, 2.24) is 0 Å². The van der Waals surface area contributed by atoms with E-state index in [4.69, 9.17) is 11.6 Å². The molecule has 0 radical (unpaired) electrons. The van der Waals surface area contributed by atoms with Crippen LogP contribution in [0.4, 0.5) is 5.69 Å². The fraction of sp³-hybridized carbons (Fsp3) is 0.150. The Kier molecular flexibility index (Phi) is 4.31. The predicted molar refractivity (Wildman–Crippen MR) is 97.6 cm³/mol. The van der Waals surface area contributed by atoms with E-state index >= 15 is 0 Å². The van der Waals surface area contributed by atoms with Crippen molar-refractivity contribution >= 4 is 34.3 Å². The monoisotopic (exact) mass is 353 g/mol. The molecule has 1 aliphatic heterocycles. The number of amides is 2. The molecule has 0 spiro atoms. The van der Waals surface area contributed by atoms with Crippen LogP contribution in [0.5, 0.6) is 0 Å². The summed E-state index contributed by atoms with van der Waals surface area (Å²) in [6.45, 7) is 7.53. The molecular formula is C20H16ClNO3. The fourth-order valence-electron chi connectivity index (χ4n) is 3.22. The highest BCUT2D eigenvalue weighted by Gasteiger charge is 2.40. The first-order valence-electron chi connectivity index (χ1n) is 7.80. The van der Waals surface area contributed by atoms with Gasteiger partial charge in [-0.05, 0) is 60.7 Å². The van der Waals surface area contributed by atoms with Crippen molar-refractivity contribution in [2.24, 2.45) is 0 Å². The molecule has 2 aromatic rings. The van der Waals surface area contributed by atoms with Gasteiger partial charge in [0, 0.05) is 5.56 Å². The van der Waals surface area contributed by atoms with Crippen LogP contribution >= 0.6 is 11.6 Å². The number of hydrogen-bond acceptors (Lipinski definition) is 3. The third-order valence-corrected chi connectivity index (χ3v) is 4.62. The summed E-state index contributed by atoms with van der Waals surface area (Å²) in [6, 6.07) is 8.36. The van der Waals surface area contributed by atoms with Gasteiger partial charge in [0.25, 0.3) is 17.1 Å². The average Bonchev–Trinajstić information content (AvgIpc) is 2.83. The molecule has 0 saturated carbocycles. The Balaban J connectivity index is 2.25. The van der Waals surface area contributed by atoms with Gasteiger partial charge in [0.2, 0.25) is 0 Å². The van der Waals surface area contributed by atoms with E-state index in [1.54, 1.807) is 12.1 Å². The molecule has 0 aromatic heterocycles. The number of carbonyl (C=O) groups excluding carboxylic acids is 3. The lowest BCUT2D eigenvalue weighted by Crippen LogP contribution is -2.31. The summed E-state index contributed by atoms with van der Waals surface area (Å²) in [7, 11) is 0. The highest BCUT2D eigenvalue weighted by atomic mass is 35.5. The largest absolute Gasteiger partial charge is 0.276 e. The van der Waals surface area contributed by atoms with Crippen LogP contribution in [0.15, 0.2) is 43.0 Å². The number of nitrogens with zero attached hydrogens (tertiary/aromatic N) is 1. The van der Waals surface area contributed by atoms with Crippen LogP contribution in [0.3, 0.4) is 0 Å². The van der Waals surface area contributed by atoms with Crippen molar-refractivity contribution in [3.05, 3.63) is 76.4 Å². The molecular weight excluding hydrogens is 338 g/mol. The average molecular weight is 354 g/mol. The number of fused-ring (bicyclic) bond motifs is 1. The Morgan fingerprint density at radius 3 is 2.44 bits per heavy atom. The van der Waals surface area contributed by atoms with Crippen LogP contribution in [0, 0.1) is 13.8 Å². The molecule has 2 amide bonds. The second-order valence-corrected chi connectivity index (χ2v) is 6.31. The molecule has 0 atom stereocenters. The van der Waals surface area contributed by atoms with E-state index in [0.29, 0.717) is 12.1 Å². The zero-order valence-corrected chi connectivity index (χ0v) is 14.7. The first-order valence-corrected chi connectivity index (χ1v) is 8.17. The summed E-state index contributed by atoms with van der Waals surface area (Å²) >= 11 is 5.60. The van der Waals surface area contributed by atoms with Gasteiger partial charge in [-0.1, -0.05) is 24.3 Å². The number of rotatable bonds is 4. The first-order chi connectivity index (χ1) is 11.9. The smallest absolute Gasteiger partial charge is 0.266 e. The molecule has 5 heteroatoms. The van der Waals surface area contributed by atoms with Crippen molar-refractivity contribution < 1.29 is 14.4 Å². The zero-order chi connectivity index (χ0) is 18.3. The van der Waals surface area contributed by atoms with Gasteiger partial charge >= 0.3 is 0 Å². The summed E-state index contributed by atoms with van der Waals surface area (Å²) in [5.74, 6) is -0.970. The number of aryl methyl sites for hydroxylation is 2. The van der Waals surface area contributed by atoms with Crippen molar-refractivity contribution in [1.29, 1.82) is 0 Å². The third-order valence-electron chi connectivity index (χ3n) is 4.42. The zero-order valence-electron chi connectivity index (χ0n) is 13.9. The van der Waals surface area contributed by atoms with Gasteiger partial charge < -0.3 is 0 Å². The Bertz CT molecular complexity index is 946. The van der Waals surface area contributed by atoms with E-state index in [1.165, 1.54) is 12.1 Å². The van der Waals surface area contributed by atoms with Crippen LogP contribution in [0.2, 0.25) is 0 Å². The van der Waals surface area contributed by atoms with E-state index in [-0.39, 0.29) is 16.7 Å². The Hall–Kier alpha value is -2.72.